The number of methoxy groups -OCH3 is 1. The number of unbranched alkanes of at least 4 members (excludes halogenated alkanes) is 4. The van der Waals surface area contributed by atoms with Gasteiger partial charge in [0.15, 0.2) is 11.6 Å². The Morgan fingerprint density at radius 3 is 2.74 bits per heavy atom. The van der Waals surface area contributed by atoms with E-state index >= 15 is 0 Å². The lowest BCUT2D eigenvalue weighted by molar-refractivity contribution is -0.235. The second kappa shape index (κ2) is 8.15. The molecule has 4 heteroatoms. The molecule has 0 saturated carbocycles. The van der Waals surface area contributed by atoms with Crippen LogP contribution in [0, 0.1) is 5.92 Å². The topological polar surface area (TPSA) is 44.8 Å². The minimum Gasteiger partial charge on any atom is -0.465 e. The molecule has 4 nitrogen and oxygen atoms in total. The summed E-state index contributed by atoms with van der Waals surface area (Å²) in [7, 11) is 1.70. The Morgan fingerprint density at radius 2 is 2.04 bits per heavy atom. The summed E-state index contributed by atoms with van der Waals surface area (Å²) < 4.78 is 18.0. The van der Waals surface area contributed by atoms with Crippen LogP contribution in [0.5, 0.6) is 0 Å². The third kappa shape index (κ3) is 3.83. The lowest BCUT2D eigenvalue weighted by atomic mass is 9.72. The third-order valence-corrected chi connectivity index (χ3v) is 6.05. The van der Waals surface area contributed by atoms with Crippen LogP contribution in [0.3, 0.4) is 0 Å². The molecule has 0 aromatic rings. The highest BCUT2D eigenvalue weighted by atomic mass is 16.7. The fraction of sp³-hybridized carbons (Fsp3) is 0.609. The van der Waals surface area contributed by atoms with Gasteiger partial charge >= 0.3 is 0 Å². The molecule has 3 rings (SSSR count). The molecule has 3 aliphatic rings. The van der Waals surface area contributed by atoms with Gasteiger partial charge in [-0.1, -0.05) is 38.7 Å². The van der Waals surface area contributed by atoms with Gasteiger partial charge in [-0.3, -0.25) is 4.79 Å². The lowest BCUT2D eigenvalue weighted by Gasteiger charge is -2.35. The molecular formula is C23H32O4. The fourth-order valence-electron chi connectivity index (χ4n) is 4.43. The molecule has 1 fully saturated rings. The maximum absolute atomic E-state index is 13.0. The van der Waals surface area contributed by atoms with E-state index in [4.69, 9.17) is 14.2 Å². The van der Waals surface area contributed by atoms with Crippen LogP contribution in [0.4, 0.5) is 0 Å². The number of hydrogen-bond acceptors (Lipinski definition) is 4. The van der Waals surface area contributed by atoms with E-state index in [9.17, 15) is 4.79 Å². The number of ether oxygens (including phenoxy) is 3. The zero-order chi connectivity index (χ0) is 19.5. The highest BCUT2D eigenvalue weighted by molar-refractivity contribution is 6.01. The zero-order valence-corrected chi connectivity index (χ0v) is 17.0. The Balaban J connectivity index is 1.79. The van der Waals surface area contributed by atoms with Crippen molar-refractivity contribution in [3.63, 3.8) is 0 Å². The first-order chi connectivity index (χ1) is 13.0. The highest BCUT2D eigenvalue weighted by Gasteiger charge is 2.59. The van der Waals surface area contributed by atoms with Crippen LogP contribution >= 0.6 is 0 Å². The second-order valence-electron chi connectivity index (χ2n) is 7.95. The number of fused-ring (bicyclic) bond motifs is 3. The van der Waals surface area contributed by atoms with Crippen LogP contribution in [0.2, 0.25) is 0 Å². The number of carbonyl (C=O) groups is 1. The molecule has 0 spiro atoms. The van der Waals surface area contributed by atoms with Gasteiger partial charge in [0.1, 0.15) is 11.4 Å². The van der Waals surface area contributed by atoms with Gasteiger partial charge in [0.2, 0.25) is 0 Å². The monoisotopic (exact) mass is 372 g/mol. The molecule has 0 amide bonds. The van der Waals surface area contributed by atoms with Crippen molar-refractivity contribution in [3.8, 4) is 0 Å². The Hall–Kier alpha value is -1.65. The molecule has 148 valence electrons. The lowest BCUT2D eigenvalue weighted by Crippen LogP contribution is -2.45. The van der Waals surface area contributed by atoms with Gasteiger partial charge in [0, 0.05) is 31.4 Å². The Kier molecular flexibility index (Phi) is 6.07. The molecule has 1 aliphatic carbocycles. The van der Waals surface area contributed by atoms with Crippen molar-refractivity contribution in [1.82, 2.24) is 0 Å². The van der Waals surface area contributed by atoms with Crippen molar-refractivity contribution in [3.05, 3.63) is 47.5 Å². The number of hydrogen-bond donors (Lipinski definition) is 0. The van der Waals surface area contributed by atoms with Crippen molar-refractivity contribution in [2.24, 2.45) is 5.92 Å². The molecule has 0 radical (unpaired) electrons. The summed E-state index contributed by atoms with van der Waals surface area (Å²) in [5.41, 5.74) is 1.08. The average Bonchev–Trinajstić information content (AvgIpc) is 2.97. The standard InChI is InChI=1S/C23H32O4/c1-5-7-8-9-10-12-23(25-4)15-20-19-16-26-18(11-6-2)13-17(19)14-21(24)22(20,3)27-23/h6,11,13-14,16,20H,5,7-10,12,15H2,1-4H3/b11-6+/t20-,22-,23?/m1/s1. The van der Waals surface area contributed by atoms with E-state index in [0.29, 0.717) is 6.42 Å². The Bertz CT molecular complexity index is 699. The van der Waals surface area contributed by atoms with Crippen LogP contribution in [0.15, 0.2) is 47.5 Å². The summed E-state index contributed by atoms with van der Waals surface area (Å²) in [5, 5.41) is 0. The summed E-state index contributed by atoms with van der Waals surface area (Å²) in [6.45, 7) is 6.06. The van der Waals surface area contributed by atoms with Crippen molar-refractivity contribution in [1.29, 1.82) is 0 Å². The summed E-state index contributed by atoms with van der Waals surface area (Å²) in [5.74, 6) is 0.0157. The van der Waals surface area contributed by atoms with E-state index in [1.807, 2.05) is 32.1 Å². The Morgan fingerprint density at radius 1 is 1.26 bits per heavy atom. The van der Waals surface area contributed by atoms with Crippen LogP contribution in [-0.4, -0.2) is 24.3 Å². The van der Waals surface area contributed by atoms with Crippen molar-refractivity contribution in [2.45, 2.75) is 77.1 Å². The highest BCUT2D eigenvalue weighted by Crippen LogP contribution is 2.53. The van der Waals surface area contributed by atoms with Gasteiger partial charge < -0.3 is 14.2 Å². The summed E-state index contributed by atoms with van der Waals surface area (Å²) >= 11 is 0. The van der Waals surface area contributed by atoms with Crippen molar-refractivity contribution < 1.29 is 19.0 Å². The number of ketones is 1. The van der Waals surface area contributed by atoms with Gasteiger partial charge in [-0.2, -0.15) is 0 Å². The maximum Gasteiger partial charge on any atom is 0.188 e. The predicted octanol–water partition coefficient (Wildman–Crippen LogP) is 5.37. The molecule has 0 N–H and O–H groups in total. The summed E-state index contributed by atoms with van der Waals surface area (Å²) in [4.78, 5) is 13.0. The van der Waals surface area contributed by atoms with Crippen LogP contribution in [0.1, 0.15) is 65.7 Å². The molecule has 2 heterocycles. The predicted molar refractivity (Wildman–Crippen MR) is 106 cm³/mol. The smallest absolute Gasteiger partial charge is 0.188 e. The summed E-state index contributed by atoms with van der Waals surface area (Å²) in [6, 6.07) is 0. The first-order valence-electron chi connectivity index (χ1n) is 10.2. The minimum absolute atomic E-state index is 0.0162. The third-order valence-electron chi connectivity index (χ3n) is 6.05. The summed E-state index contributed by atoms with van der Waals surface area (Å²) in [6.07, 6.45) is 16.7. The molecule has 27 heavy (non-hydrogen) atoms. The molecule has 1 saturated heterocycles. The molecule has 0 aromatic heterocycles. The van der Waals surface area contributed by atoms with E-state index in [0.717, 1.165) is 29.7 Å². The molecule has 3 atom stereocenters. The van der Waals surface area contributed by atoms with E-state index in [1.54, 1.807) is 19.4 Å². The van der Waals surface area contributed by atoms with E-state index in [1.165, 1.54) is 25.7 Å². The average molecular weight is 373 g/mol. The van der Waals surface area contributed by atoms with Gasteiger partial charge in [0.05, 0.1) is 6.26 Å². The fourth-order valence-corrected chi connectivity index (χ4v) is 4.43. The van der Waals surface area contributed by atoms with Gasteiger partial charge in [-0.05, 0) is 44.1 Å². The van der Waals surface area contributed by atoms with Gasteiger partial charge in [-0.15, -0.1) is 0 Å². The zero-order valence-electron chi connectivity index (χ0n) is 17.0. The molecular weight excluding hydrogens is 340 g/mol. The largest absolute Gasteiger partial charge is 0.465 e. The van der Waals surface area contributed by atoms with E-state index in [2.05, 4.69) is 6.92 Å². The normalized spacial score (nSPS) is 32.5. The molecule has 1 unspecified atom stereocenters. The van der Waals surface area contributed by atoms with E-state index < -0.39 is 11.4 Å². The minimum atomic E-state index is -0.885. The van der Waals surface area contributed by atoms with Crippen LogP contribution < -0.4 is 0 Å². The van der Waals surface area contributed by atoms with Gasteiger partial charge in [-0.25, -0.2) is 0 Å². The van der Waals surface area contributed by atoms with Crippen LogP contribution in [0.25, 0.3) is 0 Å². The second-order valence-corrected chi connectivity index (χ2v) is 7.95. The van der Waals surface area contributed by atoms with E-state index in [-0.39, 0.29) is 11.7 Å². The Labute approximate surface area is 162 Å². The number of carbonyl (C=O) groups excluding carboxylic acids is 1. The quantitative estimate of drug-likeness (QED) is 0.538. The van der Waals surface area contributed by atoms with Gasteiger partial charge in [0.25, 0.3) is 0 Å². The van der Waals surface area contributed by atoms with Crippen LogP contribution in [-0.2, 0) is 19.0 Å². The first kappa shape index (κ1) is 20.1. The maximum atomic E-state index is 13.0. The molecule has 0 aromatic carbocycles. The molecule has 0 bridgehead atoms. The van der Waals surface area contributed by atoms with Crippen molar-refractivity contribution >= 4 is 5.78 Å². The first-order valence-corrected chi connectivity index (χ1v) is 10.2. The molecule has 2 aliphatic heterocycles. The SMILES string of the molecule is C/C=C/C1=CC2=CC(=O)[C@]3(C)OC(CCCCCCC)(OC)C[C@@H]3C2=CO1. The van der Waals surface area contributed by atoms with Crippen molar-refractivity contribution in [2.75, 3.05) is 7.11 Å². The number of rotatable bonds is 8. The number of allylic oxidation sites excluding steroid dienone is 4.